The topological polar surface area (TPSA) is 12.5 Å². The fourth-order valence-electron chi connectivity index (χ4n) is 1.55. The zero-order chi connectivity index (χ0) is 14.5. The third-order valence-corrected chi connectivity index (χ3v) is 2.90. The maximum Gasteiger partial charge on any atom is 0.416 e. The number of hydrogen-bond acceptors (Lipinski definition) is 2. The summed E-state index contributed by atoms with van der Waals surface area (Å²) < 4.78 is 37.7. The lowest BCUT2D eigenvalue weighted by Gasteiger charge is -2.19. The summed E-state index contributed by atoms with van der Waals surface area (Å²) in [6, 6.07) is 3.05. The molecule has 108 valence electrons. The van der Waals surface area contributed by atoms with Crippen molar-refractivity contribution < 1.29 is 18.0 Å². The number of hydrogen-bond donors (Lipinski definition) is 0. The highest BCUT2D eigenvalue weighted by Gasteiger charge is 2.31. The standard InChI is InChI=1S/C13H17ClF3NO/c1-3-4-5-8-18(2)19-12-9-10(13(15,16)17)6-7-11(12)14/h6-7,9H,3-5,8H2,1-2H3. The lowest BCUT2D eigenvalue weighted by atomic mass is 10.2. The quantitative estimate of drug-likeness (QED) is 0.553. The average molecular weight is 296 g/mol. The number of unbranched alkanes of at least 4 members (excludes halogenated alkanes) is 2. The SMILES string of the molecule is CCCCCN(C)Oc1cc(C(F)(F)F)ccc1Cl. The van der Waals surface area contributed by atoms with Gasteiger partial charge in [0.15, 0.2) is 5.75 Å². The summed E-state index contributed by atoms with van der Waals surface area (Å²) in [5.74, 6) is 0.0236. The van der Waals surface area contributed by atoms with Gasteiger partial charge in [0.25, 0.3) is 0 Å². The molecule has 0 heterocycles. The molecule has 0 aliphatic carbocycles. The van der Waals surface area contributed by atoms with Crippen molar-refractivity contribution in [1.82, 2.24) is 5.06 Å². The molecule has 0 atom stereocenters. The Balaban J connectivity index is 2.71. The number of nitrogens with zero attached hydrogens (tertiary/aromatic N) is 1. The van der Waals surface area contributed by atoms with Crippen molar-refractivity contribution in [2.24, 2.45) is 0 Å². The maximum absolute atomic E-state index is 12.6. The molecule has 0 saturated carbocycles. The van der Waals surface area contributed by atoms with Gasteiger partial charge in [0.1, 0.15) is 0 Å². The minimum atomic E-state index is -4.40. The predicted molar refractivity (Wildman–Crippen MR) is 69.2 cm³/mol. The van der Waals surface area contributed by atoms with Gasteiger partial charge < -0.3 is 4.84 Å². The summed E-state index contributed by atoms with van der Waals surface area (Å²) in [5, 5.41) is 1.66. The van der Waals surface area contributed by atoms with E-state index < -0.39 is 11.7 Å². The van der Waals surface area contributed by atoms with E-state index in [1.54, 1.807) is 7.05 Å². The zero-order valence-corrected chi connectivity index (χ0v) is 11.7. The first-order valence-corrected chi connectivity index (χ1v) is 6.48. The van der Waals surface area contributed by atoms with Crippen molar-refractivity contribution in [3.05, 3.63) is 28.8 Å². The van der Waals surface area contributed by atoms with Crippen LogP contribution in [0.3, 0.4) is 0 Å². The molecule has 0 aliphatic heterocycles. The van der Waals surface area contributed by atoms with E-state index in [4.69, 9.17) is 16.4 Å². The highest BCUT2D eigenvalue weighted by Crippen LogP contribution is 2.35. The van der Waals surface area contributed by atoms with E-state index >= 15 is 0 Å². The normalized spacial score (nSPS) is 11.9. The van der Waals surface area contributed by atoms with Crippen molar-refractivity contribution in [3.8, 4) is 5.75 Å². The van der Waals surface area contributed by atoms with E-state index in [1.807, 2.05) is 0 Å². The molecule has 0 saturated heterocycles. The van der Waals surface area contributed by atoms with Crippen LogP contribution in [0.25, 0.3) is 0 Å². The summed E-state index contributed by atoms with van der Waals surface area (Å²) in [5.41, 5.74) is -0.770. The van der Waals surface area contributed by atoms with Crippen LogP contribution in [0.4, 0.5) is 13.2 Å². The van der Waals surface area contributed by atoms with Crippen LogP contribution in [0.1, 0.15) is 31.7 Å². The summed E-state index contributed by atoms with van der Waals surface area (Å²) in [6.07, 6.45) is -1.37. The largest absolute Gasteiger partial charge is 0.416 e. The summed E-state index contributed by atoms with van der Waals surface area (Å²) in [4.78, 5) is 5.33. The summed E-state index contributed by atoms with van der Waals surface area (Å²) in [7, 11) is 1.67. The molecule has 0 radical (unpaired) electrons. The number of hydroxylamine groups is 2. The Bertz CT molecular complexity index is 409. The van der Waals surface area contributed by atoms with Crippen LogP contribution in [-0.4, -0.2) is 18.7 Å². The van der Waals surface area contributed by atoms with Gasteiger partial charge in [-0.1, -0.05) is 31.4 Å². The molecule has 19 heavy (non-hydrogen) atoms. The molecule has 6 heteroatoms. The van der Waals surface area contributed by atoms with E-state index in [1.165, 1.54) is 11.1 Å². The maximum atomic E-state index is 12.6. The Labute approximate surface area is 116 Å². The molecule has 0 amide bonds. The van der Waals surface area contributed by atoms with Crippen LogP contribution in [0.5, 0.6) is 5.75 Å². The Kier molecular flexibility index (Phi) is 5.94. The van der Waals surface area contributed by atoms with Gasteiger partial charge in [-0.25, -0.2) is 0 Å². The summed E-state index contributed by atoms with van der Waals surface area (Å²) >= 11 is 5.83. The average Bonchev–Trinajstić information content (AvgIpc) is 2.31. The minimum Gasteiger partial charge on any atom is -0.405 e. The third-order valence-electron chi connectivity index (χ3n) is 2.59. The highest BCUT2D eigenvalue weighted by molar-refractivity contribution is 6.32. The van der Waals surface area contributed by atoms with Crippen molar-refractivity contribution in [1.29, 1.82) is 0 Å². The highest BCUT2D eigenvalue weighted by atomic mass is 35.5. The van der Waals surface area contributed by atoms with E-state index in [0.717, 1.165) is 31.4 Å². The molecule has 1 aromatic carbocycles. The van der Waals surface area contributed by atoms with Crippen LogP contribution >= 0.6 is 11.6 Å². The van der Waals surface area contributed by atoms with Gasteiger partial charge in [0, 0.05) is 13.6 Å². The Morgan fingerprint density at radius 2 is 1.95 bits per heavy atom. The van der Waals surface area contributed by atoms with E-state index in [-0.39, 0.29) is 10.8 Å². The molecule has 0 aliphatic rings. The van der Waals surface area contributed by atoms with Gasteiger partial charge in [-0.15, -0.1) is 5.06 Å². The first-order valence-electron chi connectivity index (χ1n) is 6.10. The van der Waals surface area contributed by atoms with Crippen LogP contribution < -0.4 is 4.84 Å². The molecule has 0 N–H and O–H groups in total. The molecule has 1 aromatic rings. The van der Waals surface area contributed by atoms with Gasteiger partial charge in [0.2, 0.25) is 0 Å². The number of benzene rings is 1. The van der Waals surface area contributed by atoms with Crippen LogP contribution in [0.15, 0.2) is 18.2 Å². The number of rotatable bonds is 6. The smallest absolute Gasteiger partial charge is 0.405 e. The van der Waals surface area contributed by atoms with Gasteiger partial charge in [-0.3, -0.25) is 0 Å². The molecule has 2 nitrogen and oxygen atoms in total. The van der Waals surface area contributed by atoms with Crippen molar-refractivity contribution >= 4 is 11.6 Å². The molecule has 0 unspecified atom stereocenters. The third kappa shape index (κ3) is 5.28. The van der Waals surface area contributed by atoms with Crippen LogP contribution in [0, 0.1) is 0 Å². The predicted octanol–water partition coefficient (Wildman–Crippen LogP) is 4.77. The Hall–Kier alpha value is -0.940. The molecule has 1 rings (SSSR count). The molecule has 0 fully saturated rings. The first kappa shape index (κ1) is 16.1. The van der Waals surface area contributed by atoms with E-state index in [0.29, 0.717) is 6.54 Å². The second kappa shape index (κ2) is 7.01. The second-order valence-corrected chi connectivity index (χ2v) is 4.70. The van der Waals surface area contributed by atoms with Gasteiger partial charge >= 0.3 is 6.18 Å². The van der Waals surface area contributed by atoms with Crippen LogP contribution in [-0.2, 0) is 6.18 Å². The van der Waals surface area contributed by atoms with Gasteiger partial charge in [-0.05, 0) is 24.6 Å². The fourth-order valence-corrected chi connectivity index (χ4v) is 1.70. The molecule has 0 aromatic heterocycles. The molecule has 0 bridgehead atoms. The Morgan fingerprint density at radius 1 is 1.26 bits per heavy atom. The van der Waals surface area contributed by atoms with Crippen molar-refractivity contribution in [2.75, 3.05) is 13.6 Å². The lowest BCUT2D eigenvalue weighted by molar-refractivity contribution is -0.138. The van der Waals surface area contributed by atoms with E-state index in [2.05, 4.69) is 6.92 Å². The van der Waals surface area contributed by atoms with Crippen molar-refractivity contribution in [3.63, 3.8) is 0 Å². The minimum absolute atomic E-state index is 0.0236. The monoisotopic (exact) mass is 295 g/mol. The Morgan fingerprint density at radius 3 is 2.53 bits per heavy atom. The van der Waals surface area contributed by atoms with Crippen molar-refractivity contribution in [2.45, 2.75) is 32.4 Å². The fraction of sp³-hybridized carbons (Fsp3) is 0.538. The van der Waals surface area contributed by atoms with Crippen LogP contribution in [0.2, 0.25) is 5.02 Å². The zero-order valence-electron chi connectivity index (χ0n) is 10.9. The second-order valence-electron chi connectivity index (χ2n) is 4.29. The molecular weight excluding hydrogens is 279 g/mol. The number of halogens is 4. The van der Waals surface area contributed by atoms with Gasteiger partial charge in [-0.2, -0.15) is 13.2 Å². The molecular formula is C13H17ClF3NO. The van der Waals surface area contributed by atoms with E-state index in [9.17, 15) is 13.2 Å². The van der Waals surface area contributed by atoms with Gasteiger partial charge in [0.05, 0.1) is 10.6 Å². The number of alkyl halides is 3. The molecule has 0 spiro atoms. The lowest BCUT2D eigenvalue weighted by Crippen LogP contribution is -2.24. The summed E-state index contributed by atoms with van der Waals surface area (Å²) in [6.45, 7) is 2.71. The first-order chi connectivity index (χ1) is 8.84.